The van der Waals surface area contributed by atoms with Crippen LogP contribution in [-0.2, 0) is 11.3 Å². The second kappa shape index (κ2) is 7.17. The molecule has 0 radical (unpaired) electrons. The molecule has 4 N–H and O–H groups in total. The van der Waals surface area contributed by atoms with Crippen molar-refractivity contribution in [3.05, 3.63) is 24.3 Å². The molecule has 0 saturated carbocycles. The van der Waals surface area contributed by atoms with Crippen LogP contribution in [0.1, 0.15) is 12.1 Å². The molecule has 0 aliphatic carbocycles. The van der Waals surface area contributed by atoms with E-state index in [0.29, 0.717) is 5.69 Å². The number of aliphatic hydroxyl groups excluding tert-OH is 1. The first-order valence-corrected chi connectivity index (χ1v) is 5.27. The summed E-state index contributed by atoms with van der Waals surface area (Å²) in [5.41, 5.74) is 0.658. The Morgan fingerprint density at radius 1 is 1.39 bits per heavy atom. The van der Waals surface area contributed by atoms with Gasteiger partial charge in [-0.2, -0.15) is 0 Å². The van der Waals surface area contributed by atoms with Crippen molar-refractivity contribution in [2.24, 2.45) is 0 Å². The molecule has 2 amide bonds. The highest BCUT2D eigenvalue weighted by atomic mass is 16.4. The van der Waals surface area contributed by atoms with E-state index < -0.39 is 18.1 Å². The highest BCUT2D eigenvalue weighted by Gasteiger charge is 2.12. The number of amides is 2. The predicted octanol–water partition coefficient (Wildman–Crippen LogP) is -0.889. The molecule has 1 heterocycles. The summed E-state index contributed by atoms with van der Waals surface area (Å²) >= 11 is 0. The molecular weight excluding hydrogens is 240 g/mol. The number of carboxylic acids is 1. The van der Waals surface area contributed by atoms with Crippen LogP contribution in [0.5, 0.6) is 0 Å². The number of carbonyl (C=O) groups excluding carboxylic acids is 1. The molecular formula is C10H14N4O4. The number of carboxylic acid groups (broad SMARTS) is 1. The Morgan fingerprint density at radius 3 is 2.78 bits per heavy atom. The number of aromatic nitrogens is 2. The van der Waals surface area contributed by atoms with Crippen LogP contribution in [0.25, 0.3) is 0 Å². The lowest BCUT2D eigenvalue weighted by Crippen LogP contribution is -2.37. The smallest absolute Gasteiger partial charge is 0.332 e. The minimum Gasteiger partial charge on any atom is -0.479 e. The molecule has 0 fully saturated rings. The number of nitrogens with zero attached hydrogens (tertiary/aromatic N) is 2. The van der Waals surface area contributed by atoms with Crippen molar-refractivity contribution < 1.29 is 19.8 Å². The van der Waals surface area contributed by atoms with Gasteiger partial charge in [0.2, 0.25) is 0 Å². The maximum atomic E-state index is 11.3. The Bertz CT molecular complexity index is 398. The van der Waals surface area contributed by atoms with Gasteiger partial charge in [-0.25, -0.2) is 19.6 Å². The monoisotopic (exact) mass is 254 g/mol. The van der Waals surface area contributed by atoms with Crippen molar-refractivity contribution >= 4 is 12.0 Å². The number of hydrogen-bond acceptors (Lipinski definition) is 5. The lowest BCUT2D eigenvalue weighted by molar-refractivity contribution is -0.146. The average Bonchev–Trinajstić information content (AvgIpc) is 2.37. The molecule has 1 rings (SSSR count). The summed E-state index contributed by atoms with van der Waals surface area (Å²) in [6.45, 7) is 0.318. The Morgan fingerprint density at radius 2 is 2.17 bits per heavy atom. The Labute approximate surface area is 103 Å². The molecule has 1 aromatic heterocycles. The van der Waals surface area contributed by atoms with Gasteiger partial charge in [-0.3, -0.25) is 0 Å². The molecule has 0 saturated heterocycles. The van der Waals surface area contributed by atoms with Crippen molar-refractivity contribution in [3.63, 3.8) is 0 Å². The van der Waals surface area contributed by atoms with Gasteiger partial charge in [0.1, 0.15) is 6.33 Å². The van der Waals surface area contributed by atoms with Crippen LogP contribution in [0, 0.1) is 0 Å². The van der Waals surface area contributed by atoms with Crippen molar-refractivity contribution in [2.75, 3.05) is 6.54 Å². The second-order valence-electron chi connectivity index (χ2n) is 3.45. The van der Waals surface area contributed by atoms with Crippen LogP contribution >= 0.6 is 0 Å². The van der Waals surface area contributed by atoms with Crippen molar-refractivity contribution in [1.82, 2.24) is 20.6 Å². The van der Waals surface area contributed by atoms with Crippen molar-refractivity contribution in [1.29, 1.82) is 0 Å². The Balaban J connectivity index is 2.17. The number of hydrogen-bond donors (Lipinski definition) is 4. The van der Waals surface area contributed by atoms with Gasteiger partial charge in [-0.15, -0.1) is 0 Å². The van der Waals surface area contributed by atoms with Gasteiger partial charge in [0.15, 0.2) is 6.10 Å². The van der Waals surface area contributed by atoms with Gasteiger partial charge in [-0.05, 0) is 6.07 Å². The molecule has 0 aliphatic rings. The largest absolute Gasteiger partial charge is 0.479 e. The fraction of sp³-hybridized carbons (Fsp3) is 0.400. The van der Waals surface area contributed by atoms with Crippen molar-refractivity contribution in [3.8, 4) is 0 Å². The predicted molar refractivity (Wildman–Crippen MR) is 60.5 cm³/mol. The number of carbonyl (C=O) groups is 2. The van der Waals surface area contributed by atoms with Gasteiger partial charge in [0.25, 0.3) is 0 Å². The standard InChI is InChI=1S/C10H14N4O4/c15-8(9(16)17)2-4-12-10(18)13-5-7-1-3-11-6-14-7/h1,3,6,8,15H,2,4-5H2,(H,16,17)(H2,12,13,18). The van der Waals surface area contributed by atoms with Gasteiger partial charge >= 0.3 is 12.0 Å². The van der Waals surface area contributed by atoms with Crippen LogP contribution in [0.3, 0.4) is 0 Å². The fourth-order valence-electron chi connectivity index (χ4n) is 1.10. The zero-order valence-corrected chi connectivity index (χ0v) is 9.54. The van der Waals surface area contributed by atoms with Crippen LogP contribution in [0.4, 0.5) is 4.79 Å². The Hall–Kier alpha value is -2.22. The van der Waals surface area contributed by atoms with E-state index in [4.69, 9.17) is 10.2 Å². The molecule has 18 heavy (non-hydrogen) atoms. The third-order valence-corrected chi connectivity index (χ3v) is 2.06. The van der Waals surface area contributed by atoms with E-state index in [2.05, 4.69) is 20.6 Å². The van der Waals surface area contributed by atoms with Gasteiger partial charge in [0.05, 0.1) is 12.2 Å². The topological polar surface area (TPSA) is 124 Å². The van der Waals surface area contributed by atoms with E-state index in [-0.39, 0.29) is 19.5 Å². The summed E-state index contributed by atoms with van der Waals surface area (Å²) in [7, 11) is 0. The summed E-state index contributed by atoms with van der Waals surface area (Å²) in [5.74, 6) is -1.31. The van der Waals surface area contributed by atoms with Crippen LogP contribution < -0.4 is 10.6 Å². The third kappa shape index (κ3) is 5.21. The molecule has 0 bridgehead atoms. The molecule has 1 atom stereocenters. The minimum atomic E-state index is -1.47. The zero-order valence-electron chi connectivity index (χ0n) is 9.54. The summed E-state index contributed by atoms with van der Waals surface area (Å²) in [5, 5.41) is 22.3. The van der Waals surface area contributed by atoms with E-state index in [1.165, 1.54) is 6.33 Å². The summed E-state index contributed by atoms with van der Waals surface area (Å²) in [4.78, 5) is 29.2. The lowest BCUT2D eigenvalue weighted by Gasteiger charge is -2.08. The van der Waals surface area contributed by atoms with E-state index in [1.807, 2.05) is 0 Å². The third-order valence-electron chi connectivity index (χ3n) is 2.06. The van der Waals surface area contributed by atoms with E-state index in [1.54, 1.807) is 12.3 Å². The molecule has 0 aromatic carbocycles. The SMILES string of the molecule is O=C(NCCC(O)C(=O)O)NCc1ccncn1. The number of nitrogens with one attached hydrogen (secondary N) is 2. The molecule has 1 unspecified atom stereocenters. The first kappa shape index (κ1) is 13.8. The highest BCUT2D eigenvalue weighted by Crippen LogP contribution is 1.91. The molecule has 8 nitrogen and oxygen atoms in total. The average molecular weight is 254 g/mol. The minimum absolute atomic E-state index is 0.0454. The summed E-state index contributed by atoms with van der Waals surface area (Å²) in [6.07, 6.45) is 1.42. The Kier molecular flexibility index (Phi) is 5.52. The summed E-state index contributed by atoms with van der Waals surface area (Å²) < 4.78 is 0. The molecule has 8 heteroatoms. The van der Waals surface area contributed by atoms with E-state index >= 15 is 0 Å². The van der Waals surface area contributed by atoms with Gasteiger partial charge in [0, 0.05) is 19.2 Å². The second-order valence-corrected chi connectivity index (χ2v) is 3.45. The molecule has 0 spiro atoms. The van der Waals surface area contributed by atoms with Gasteiger partial charge < -0.3 is 20.8 Å². The number of aliphatic hydroxyl groups is 1. The maximum Gasteiger partial charge on any atom is 0.332 e. The molecule has 0 aliphatic heterocycles. The van der Waals surface area contributed by atoms with Crippen LogP contribution in [0.15, 0.2) is 18.6 Å². The van der Waals surface area contributed by atoms with Crippen LogP contribution in [0.2, 0.25) is 0 Å². The number of rotatable bonds is 6. The molecule has 1 aromatic rings. The maximum absolute atomic E-state index is 11.3. The highest BCUT2D eigenvalue weighted by molar-refractivity contribution is 5.74. The number of urea groups is 1. The molecule has 98 valence electrons. The normalized spacial score (nSPS) is 11.6. The fourth-order valence-corrected chi connectivity index (χ4v) is 1.10. The number of aliphatic carboxylic acids is 1. The first-order chi connectivity index (χ1) is 8.59. The van der Waals surface area contributed by atoms with Gasteiger partial charge in [-0.1, -0.05) is 0 Å². The van der Waals surface area contributed by atoms with Crippen LogP contribution in [-0.4, -0.2) is 44.8 Å². The summed E-state index contributed by atoms with van der Waals surface area (Å²) in [6, 6.07) is 1.21. The van der Waals surface area contributed by atoms with E-state index in [9.17, 15) is 9.59 Å². The van der Waals surface area contributed by atoms with E-state index in [0.717, 1.165) is 0 Å². The van der Waals surface area contributed by atoms with Crippen molar-refractivity contribution in [2.45, 2.75) is 19.1 Å². The zero-order chi connectivity index (χ0) is 13.4. The lowest BCUT2D eigenvalue weighted by atomic mass is 10.2. The quantitative estimate of drug-likeness (QED) is 0.522. The first-order valence-electron chi connectivity index (χ1n) is 5.27.